The number of benzene rings is 1. The van der Waals surface area contributed by atoms with Gasteiger partial charge in [-0.2, -0.15) is 0 Å². The van der Waals surface area contributed by atoms with E-state index in [4.69, 9.17) is 4.74 Å². The predicted octanol–water partition coefficient (Wildman–Crippen LogP) is 3.42. The zero-order chi connectivity index (χ0) is 13.2. The van der Waals surface area contributed by atoms with Gasteiger partial charge in [-0.15, -0.1) is 0 Å². The first-order chi connectivity index (χ1) is 8.50. The van der Waals surface area contributed by atoms with Crippen molar-refractivity contribution in [3.8, 4) is 0 Å². The molecular formula is C16H24O2. The zero-order valence-electron chi connectivity index (χ0n) is 11.6. The normalized spacial score (nSPS) is 24.1. The summed E-state index contributed by atoms with van der Waals surface area (Å²) in [6.07, 6.45) is 3.43. The van der Waals surface area contributed by atoms with E-state index in [0.717, 1.165) is 19.3 Å². The molecule has 0 aromatic heterocycles. The Balaban J connectivity index is 2.02. The number of hydrogen-bond acceptors (Lipinski definition) is 2. The van der Waals surface area contributed by atoms with Crippen LogP contribution in [0.5, 0.6) is 0 Å². The molecule has 2 atom stereocenters. The lowest BCUT2D eigenvalue weighted by Gasteiger charge is -2.23. The first-order valence-corrected chi connectivity index (χ1v) is 6.85. The molecule has 2 unspecified atom stereocenters. The Labute approximate surface area is 110 Å². The summed E-state index contributed by atoms with van der Waals surface area (Å²) in [4.78, 5) is 0. The highest BCUT2D eigenvalue weighted by molar-refractivity contribution is 5.25. The number of hydrogen-bond donors (Lipinski definition) is 1. The van der Waals surface area contributed by atoms with Crippen LogP contribution in [0.25, 0.3) is 0 Å². The number of aliphatic hydroxyl groups excluding tert-OH is 1. The summed E-state index contributed by atoms with van der Waals surface area (Å²) in [6.45, 7) is 6.58. The Kier molecular flexibility index (Phi) is 4.08. The van der Waals surface area contributed by atoms with Gasteiger partial charge in [0.2, 0.25) is 0 Å². The number of aliphatic hydroxyl groups is 1. The van der Waals surface area contributed by atoms with Crippen molar-refractivity contribution in [2.75, 3.05) is 6.61 Å². The summed E-state index contributed by atoms with van der Waals surface area (Å²) in [7, 11) is 0. The third kappa shape index (κ3) is 3.33. The molecule has 1 N–H and O–H groups in total. The second-order valence-electron chi connectivity index (χ2n) is 6.07. The van der Waals surface area contributed by atoms with Gasteiger partial charge >= 0.3 is 0 Å². The molecule has 1 aliphatic heterocycles. The fourth-order valence-electron chi connectivity index (χ4n) is 2.80. The summed E-state index contributed by atoms with van der Waals surface area (Å²) in [6, 6.07) is 8.43. The maximum absolute atomic E-state index is 9.61. The SMILES string of the molecule is Cc1cccc(C(CO)CC2CCC(C)(C)O2)c1. The van der Waals surface area contributed by atoms with Crippen molar-refractivity contribution in [2.45, 2.75) is 57.7 Å². The fraction of sp³-hybridized carbons (Fsp3) is 0.625. The van der Waals surface area contributed by atoms with Crippen molar-refractivity contribution >= 4 is 0 Å². The van der Waals surface area contributed by atoms with E-state index in [1.54, 1.807) is 0 Å². The average molecular weight is 248 g/mol. The van der Waals surface area contributed by atoms with E-state index in [1.807, 2.05) is 0 Å². The topological polar surface area (TPSA) is 29.5 Å². The van der Waals surface area contributed by atoms with Gasteiger partial charge in [-0.1, -0.05) is 29.8 Å². The summed E-state index contributed by atoms with van der Waals surface area (Å²) in [5.74, 6) is 0.198. The molecule has 0 amide bonds. The highest BCUT2D eigenvalue weighted by Crippen LogP contribution is 2.34. The molecule has 1 fully saturated rings. The highest BCUT2D eigenvalue weighted by Gasteiger charge is 2.33. The molecule has 18 heavy (non-hydrogen) atoms. The second kappa shape index (κ2) is 5.41. The average Bonchev–Trinajstić information content (AvgIpc) is 2.65. The van der Waals surface area contributed by atoms with E-state index in [1.165, 1.54) is 11.1 Å². The van der Waals surface area contributed by atoms with Crippen molar-refractivity contribution in [1.29, 1.82) is 0 Å². The molecular weight excluding hydrogens is 224 g/mol. The summed E-state index contributed by atoms with van der Waals surface area (Å²) in [5, 5.41) is 9.61. The zero-order valence-corrected chi connectivity index (χ0v) is 11.6. The van der Waals surface area contributed by atoms with E-state index in [0.29, 0.717) is 0 Å². The molecule has 0 radical (unpaired) electrons. The van der Waals surface area contributed by atoms with Crippen molar-refractivity contribution in [2.24, 2.45) is 0 Å². The van der Waals surface area contributed by atoms with Gasteiger partial charge in [0.1, 0.15) is 0 Å². The van der Waals surface area contributed by atoms with Crippen LogP contribution in [0.4, 0.5) is 0 Å². The quantitative estimate of drug-likeness (QED) is 0.884. The lowest BCUT2D eigenvalue weighted by atomic mass is 9.92. The summed E-state index contributed by atoms with van der Waals surface area (Å²) in [5.41, 5.74) is 2.49. The third-order valence-electron chi connectivity index (χ3n) is 3.84. The maximum atomic E-state index is 9.61. The maximum Gasteiger partial charge on any atom is 0.0631 e. The molecule has 0 saturated carbocycles. The summed E-state index contributed by atoms with van der Waals surface area (Å²) < 4.78 is 6.02. The van der Waals surface area contributed by atoms with Crippen LogP contribution in [-0.4, -0.2) is 23.4 Å². The Morgan fingerprint density at radius 3 is 2.78 bits per heavy atom. The van der Waals surface area contributed by atoms with Crippen molar-refractivity contribution in [3.05, 3.63) is 35.4 Å². The van der Waals surface area contributed by atoms with E-state index in [-0.39, 0.29) is 24.2 Å². The summed E-state index contributed by atoms with van der Waals surface area (Å²) >= 11 is 0. The van der Waals surface area contributed by atoms with Gasteiger partial charge in [-0.3, -0.25) is 0 Å². The van der Waals surface area contributed by atoms with Crippen LogP contribution in [0.1, 0.15) is 50.2 Å². The molecule has 2 heteroatoms. The number of aryl methyl sites for hydroxylation is 1. The fourth-order valence-corrected chi connectivity index (χ4v) is 2.80. The van der Waals surface area contributed by atoms with Crippen LogP contribution >= 0.6 is 0 Å². The molecule has 1 aromatic carbocycles. The van der Waals surface area contributed by atoms with Crippen LogP contribution in [0.3, 0.4) is 0 Å². The number of rotatable bonds is 4. The Bertz CT molecular complexity index is 398. The van der Waals surface area contributed by atoms with Gasteiger partial charge in [0.25, 0.3) is 0 Å². The highest BCUT2D eigenvalue weighted by atomic mass is 16.5. The van der Waals surface area contributed by atoms with Gasteiger partial charge in [0.15, 0.2) is 0 Å². The molecule has 1 saturated heterocycles. The minimum absolute atomic E-state index is 0.0112. The number of ether oxygens (including phenoxy) is 1. The first-order valence-electron chi connectivity index (χ1n) is 6.85. The van der Waals surface area contributed by atoms with Crippen LogP contribution in [0, 0.1) is 6.92 Å². The Morgan fingerprint density at radius 2 is 2.22 bits per heavy atom. The third-order valence-corrected chi connectivity index (χ3v) is 3.84. The minimum Gasteiger partial charge on any atom is -0.396 e. The van der Waals surface area contributed by atoms with Crippen LogP contribution in [-0.2, 0) is 4.74 Å². The monoisotopic (exact) mass is 248 g/mol. The largest absolute Gasteiger partial charge is 0.396 e. The molecule has 1 aliphatic rings. The van der Waals surface area contributed by atoms with E-state index in [9.17, 15) is 5.11 Å². The van der Waals surface area contributed by atoms with Gasteiger partial charge < -0.3 is 9.84 Å². The van der Waals surface area contributed by atoms with Crippen LogP contribution < -0.4 is 0 Å². The molecule has 1 heterocycles. The molecule has 0 spiro atoms. The van der Waals surface area contributed by atoms with Crippen molar-refractivity contribution in [1.82, 2.24) is 0 Å². The molecule has 0 bridgehead atoms. The van der Waals surface area contributed by atoms with Gasteiger partial charge in [-0.05, 0) is 45.6 Å². The predicted molar refractivity (Wildman–Crippen MR) is 73.8 cm³/mol. The van der Waals surface area contributed by atoms with E-state index >= 15 is 0 Å². The van der Waals surface area contributed by atoms with Gasteiger partial charge in [0.05, 0.1) is 18.3 Å². The lowest BCUT2D eigenvalue weighted by Crippen LogP contribution is -2.22. The van der Waals surface area contributed by atoms with Gasteiger partial charge in [-0.25, -0.2) is 0 Å². The standard InChI is InChI=1S/C16H24O2/c1-12-5-4-6-13(9-12)14(11-17)10-15-7-8-16(2,3)18-15/h4-6,9,14-15,17H,7-8,10-11H2,1-3H3. The molecule has 2 rings (SSSR count). The van der Waals surface area contributed by atoms with E-state index in [2.05, 4.69) is 45.0 Å². The Morgan fingerprint density at radius 1 is 1.44 bits per heavy atom. The first kappa shape index (κ1) is 13.6. The van der Waals surface area contributed by atoms with Crippen LogP contribution in [0.2, 0.25) is 0 Å². The Hall–Kier alpha value is -0.860. The van der Waals surface area contributed by atoms with Crippen molar-refractivity contribution in [3.63, 3.8) is 0 Å². The lowest BCUT2D eigenvalue weighted by molar-refractivity contribution is -0.0229. The second-order valence-corrected chi connectivity index (χ2v) is 6.07. The van der Waals surface area contributed by atoms with Crippen molar-refractivity contribution < 1.29 is 9.84 Å². The van der Waals surface area contributed by atoms with Crippen LogP contribution in [0.15, 0.2) is 24.3 Å². The molecule has 1 aromatic rings. The minimum atomic E-state index is 0.0112. The smallest absolute Gasteiger partial charge is 0.0631 e. The van der Waals surface area contributed by atoms with E-state index < -0.39 is 0 Å². The van der Waals surface area contributed by atoms with Gasteiger partial charge in [0, 0.05) is 5.92 Å². The molecule has 0 aliphatic carbocycles. The molecule has 2 nitrogen and oxygen atoms in total. The molecule has 100 valence electrons.